The number of hydrogen-bond acceptors (Lipinski definition) is 5. The average Bonchev–Trinajstić information content (AvgIpc) is 3.29. The van der Waals surface area contributed by atoms with Gasteiger partial charge in [-0.05, 0) is 30.9 Å². The lowest BCUT2D eigenvalue weighted by Crippen LogP contribution is -2.34. The van der Waals surface area contributed by atoms with Crippen LogP contribution in [0.5, 0.6) is 0 Å². The molecule has 0 atom stereocenters. The minimum Gasteiger partial charge on any atom is -0.478 e. The van der Waals surface area contributed by atoms with E-state index in [4.69, 9.17) is 4.74 Å². The topological polar surface area (TPSA) is 108 Å². The van der Waals surface area contributed by atoms with E-state index >= 15 is 0 Å². The van der Waals surface area contributed by atoms with Crippen molar-refractivity contribution in [3.63, 3.8) is 0 Å². The number of carbonyl (C=O) groups excluding carboxylic acids is 1. The minimum atomic E-state index is -1.00. The molecule has 29 heavy (non-hydrogen) atoms. The Balaban J connectivity index is 1.50. The number of aromatic amines is 1. The maximum atomic E-state index is 12.6. The molecule has 2 N–H and O–H groups in total. The van der Waals surface area contributed by atoms with E-state index in [0.29, 0.717) is 29.9 Å². The first kappa shape index (κ1) is 17.8. The average molecular weight is 392 g/mol. The molecular weight excluding hydrogens is 372 g/mol. The van der Waals surface area contributed by atoms with Crippen LogP contribution >= 0.6 is 0 Å². The van der Waals surface area contributed by atoms with E-state index in [9.17, 15) is 14.7 Å². The summed E-state index contributed by atoms with van der Waals surface area (Å²) in [4.78, 5) is 37.6. The molecule has 0 saturated carbocycles. The van der Waals surface area contributed by atoms with Crippen molar-refractivity contribution in [1.82, 2.24) is 15.0 Å². The Kier molecular flexibility index (Phi) is 4.28. The van der Waals surface area contributed by atoms with Gasteiger partial charge in [-0.2, -0.15) is 0 Å². The van der Waals surface area contributed by atoms with E-state index < -0.39 is 5.97 Å². The van der Waals surface area contributed by atoms with Gasteiger partial charge in [0.1, 0.15) is 5.65 Å². The molecule has 1 amide bonds. The van der Waals surface area contributed by atoms with Crippen LogP contribution in [0, 0.1) is 5.92 Å². The molecule has 0 spiro atoms. The van der Waals surface area contributed by atoms with E-state index in [-0.39, 0.29) is 11.5 Å². The molecule has 3 aromatic rings. The quantitative estimate of drug-likeness (QED) is 0.707. The molecule has 1 fully saturated rings. The molecule has 2 aliphatic rings. The first-order valence-electron chi connectivity index (χ1n) is 9.68. The van der Waals surface area contributed by atoms with E-state index in [1.807, 2.05) is 11.0 Å². The zero-order valence-corrected chi connectivity index (χ0v) is 15.7. The second-order valence-corrected chi connectivity index (χ2v) is 7.55. The van der Waals surface area contributed by atoms with Crippen LogP contribution in [0.1, 0.15) is 28.9 Å². The molecule has 5 heterocycles. The van der Waals surface area contributed by atoms with Crippen LogP contribution in [0.2, 0.25) is 0 Å². The summed E-state index contributed by atoms with van der Waals surface area (Å²) in [6.45, 7) is 2.16. The fourth-order valence-corrected chi connectivity index (χ4v) is 4.11. The number of anilines is 1. The number of ether oxygens (including phenoxy) is 1. The smallest absolute Gasteiger partial charge is 0.337 e. The number of H-pyrrole nitrogens is 1. The monoisotopic (exact) mass is 392 g/mol. The van der Waals surface area contributed by atoms with Crippen LogP contribution < -0.4 is 4.90 Å². The van der Waals surface area contributed by atoms with Crippen molar-refractivity contribution in [3.8, 4) is 11.1 Å². The molecule has 8 nitrogen and oxygen atoms in total. The molecule has 2 aliphatic heterocycles. The fourth-order valence-electron chi connectivity index (χ4n) is 4.11. The van der Waals surface area contributed by atoms with Gasteiger partial charge in [0.05, 0.1) is 23.4 Å². The molecule has 0 unspecified atom stereocenters. The number of nitrogens with zero attached hydrogens (tertiary/aromatic N) is 3. The second-order valence-electron chi connectivity index (χ2n) is 7.55. The lowest BCUT2D eigenvalue weighted by molar-refractivity contribution is -0.117. The molecule has 148 valence electrons. The summed E-state index contributed by atoms with van der Waals surface area (Å²) in [5.74, 6) is -0.502. The summed E-state index contributed by atoms with van der Waals surface area (Å²) in [7, 11) is 0. The van der Waals surface area contributed by atoms with Gasteiger partial charge < -0.3 is 19.7 Å². The van der Waals surface area contributed by atoms with Gasteiger partial charge in [0, 0.05) is 54.9 Å². The number of fused-ring (bicyclic) bond motifs is 2. The Morgan fingerprint density at radius 3 is 2.76 bits per heavy atom. The first-order valence-corrected chi connectivity index (χ1v) is 9.68. The van der Waals surface area contributed by atoms with Gasteiger partial charge in [0.15, 0.2) is 0 Å². The summed E-state index contributed by atoms with van der Waals surface area (Å²) in [5, 5.41) is 9.91. The van der Waals surface area contributed by atoms with Gasteiger partial charge in [-0.3, -0.25) is 9.78 Å². The summed E-state index contributed by atoms with van der Waals surface area (Å²) in [5.41, 5.74) is 3.90. The van der Waals surface area contributed by atoms with E-state index in [2.05, 4.69) is 15.0 Å². The molecule has 8 heteroatoms. The van der Waals surface area contributed by atoms with Gasteiger partial charge >= 0.3 is 5.97 Å². The number of aromatic carboxylic acids is 1. The number of aromatic nitrogens is 3. The van der Waals surface area contributed by atoms with Crippen molar-refractivity contribution >= 4 is 28.6 Å². The van der Waals surface area contributed by atoms with Crippen LogP contribution in [0.4, 0.5) is 5.69 Å². The Hall–Kier alpha value is -3.26. The third-order valence-electron chi connectivity index (χ3n) is 5.73. The molecule has 0 radical (unpaired) electrons. The van der Waals surface area contributed by atoms with Crippen molar-refractivity contribution in [2.24, 2.45) is 5.92 Å². The van der Waals surface area contributed by atoms with Gasteiger partial charge in [0.25, 0.3) is 0 Å². The normalized spacial score (nSPS) is 17.1. The lowest BCUT2D eigenvalue weighted by Gasteiger charge is -2.27. The van der Waals surface area contributed by atoms with E-state index in [1.54, 1.807) is 18.5 Å². The van der Waals surface area contributed by atoms with Crippen molar-refractivity contribution in [2.45, 2.75) is 19.3 Å². The third kappa shape index (κ3) is 3.15. The first-order chi connectivity index (χ1) is 14.1. The summed E-state index contributed by atoms with van der Waals surface area (Å²) in [6.07, 6.45) is 7.08. The third-order valence-corrected chi connectivity index (χ3v) is 5.73. The molecule has 0 aromatic carbocycles. The van der Waals surface area contributed by atoms with E-state index in [0.717, 1.165) is 48.6 Å². The van der Waals surface area contributed by atoms with Crippen LogP contribution in [-0.2, 0) is 16.0 Å². The summed E-state index contributed by atoms with van der Waals surface area (Å²) < 4.78 is 5.43. The number of carboxylic acids is 1. The fraction of sp³-hybridized carbons (Fsp3) is 0.333. The Morgan fingerprint density at radius 1 is 1.21 bits per heavy atom. The van der Waals surface area contributed by atoms with Gasteiger partial charge in [0.2, 0.25) is 5.91 Å². The van der Waals surface area contributed by atoms with Crippen molar-refractivity contribution in [3.05, 3.63) is 42.0 Å². The maximum Gasteiger partial charge on any atom is 0.337 e. The summed E-state index contributed by atoms with van der Waals surface area (Å²) in [6, 6.07) is 3.76. The molecule has 5 rings (SSSR count). The van der Waals surface area contributed by atoms with E-state index in [1.165, 1.54) is 6.20 Å². The molecule has 0 aliphatic carbocycles. The molecule has 1 saturated heterocycles. The SMILES string of the molecule is O=C(O)c1c[nH]c2ncc(-c3cnc4c(c3)N(CC3CCOCC3)C(=O)C4)cc12. The highest BCUT2D eigenvalue weighted by atomic mass is 16.5. The highest BCUT2D eigenvalue weighted by Crippen LogP contribution is 2.34. The molecular formula is C21H20N4O4. The number of carboxylic acid groups (broad SMARTS) is 1. The minimum absolute atomic E-state index is 0.0727. The summed E-state index contributed by atoms with van der Waals surface area (Å²) >= 11 is 0. The number of amides is 1. The number of carbonyl (C=O) groups is 2. The number of hydrogen-bond donors (Lipinski definition) is 2. The van der Waals surface area contributed by atoms with Crippen molar-refractivity contribution in [2.75, 3.05) is 24.7 Å². The van der Waals surface area contributed by atoms with Crippen LogP contribution in [0.15, 0.2) is 30.7 Å². The number of pyridine rings is 2. The second kappa shape index (κ2) is 6.97. The van der Waals surface area contributed by atoms with Crippen LogP contribution in [0.25, 0.3) is 22.2 Å². The predicted octanol–water partition coefficient (Wildman–Crippen LogP) is 2.64. The Labute approximate surface area is 166 Å². The highest BCUT2D eigenvalue weighted by Gasteiger charge is 2.31. The van der Waals surface area contributed by atoms with Crippen molar-refractivity contribution in [1.29, 1.82) is 0 Å². The molecule has 0 bridgehead atoms. The Morgan fingerprint density at radius 2 is 1.97 bits per heavy atom. The Bertz CT molecular complexity index is 1120. The number of rotatable bonds is 4. The lowest BCUT2D eigenvalue weighted by atomic mass is 9.99. The zero-order chi connectivity index (χ0) is 20.0. The standard InChI is InChI=1S/C21H20N4O4/c26-19-7-17-18(25(19)11-12-1-3-29-4-2-12)6-14(8-22-17)13-5-15-16(21(27)28)10-24-20(15)23-9-13/h5-6,8-10,12H,1-4,7,11H2,(H,23,24)(H,27,28). The number of nitrogens with one attached hydrogen (secondary N) is 1. The van der Waals surface area contributed by atoms with Gasteiger partial charge in [-0.25, -0.2) is 9.78 Å². The molecule has 3 aromatic heterocycles. The van der Waals surface area contributed by atoms with Crippen molar-refractivity contribution < 1.29 is 19.4 Å². The van der Waals surface area contributed by atoms with Crippen LogP contribution in [0.3, 0.4) is 0 Å². The predicted molar refractivity (Wildman–Crippen MR) is 106 cm³/mol. The van der Waals surface area contributed by atoms with Gasteiger partial charge in [-0.1, -0.05) is 0 Å². The van der Waals surface area contributed by atoms with Crippen LogP contribution in [-0.4, -0.2) is 51.7 Å². The largest absolute Gasteiger partial charge is 0.478 e. The van der Waals surface area contributed by atoms with Gasteiger partial charge in [-0.15, -0.1) is 0 Å². The maximum absolute atomic E-state index is 12.6. The highest BCUT2D eigenvalue weighted by molar-refractivity contribution is 6.04. The zero-order valence-electron chi connectivity index (χ0n) is 15.7.